The second-order valence-electron chi connectivity index (χ2n) is 1.57. The van der Waals surface area contributed by atoms with E-state index < -0.39 is 15.7 Å². The van der Waals surface area contributed by atoms with Crippen molar-refractivity contribution in [3.63, 3.8) is 0 Å². The summed E-state index contributed by atoms with van der Waals surface area (Å²) in [5, 5.41) is -1.96. The molecule has 0 spiro atoms. The van der Waals surface area contributed by atoms with Crippen molar-refractivity contribution in [3.8, 4) is 0 Å². The monoisotopic (exact) mass is 218 g/mol. The zero-order valence-electron chi connectivity index (χ0n) is 5.97. The average Bonchev–Trinajstić information content (AvgIpc) is 1.85. The third-order valence-corrected chi connectivity index (χ3v) is 1.74. The van der Waals surface area contributed by atoms with Gasteiger partial charge in [-0.15, -0.1) is 0 Å². The number of thiocarbonyl (C=S) groups is 1. The Kier molecular flexibility index (Phi) is 4.54. The first-order valence-corrected chi connectivity index (χ1v) is 4.06. The molecule has 0 saturated carbocycles. The molecule has 0 fully saturated rings. The van der Waals surface area contributed by atoms with Crippen LogP contribution in [0.1, 0.15) is 6.92 Å². The Balaban J connectivity index is 3.94. The van der Waals surface area contributed by atoms with Crippen LogP contribution in [-0.4, -0.2) is 22.3 Å². The summed E-state index contributed by atoms with van der Waals surface area (Å²) in [7, 11) is 0. The van der Waals surface area contributed by atoms with Crippen molar-refractivity contribution in [3.05, 3.63) is 0 Å². The quantitative estimate of drug-likeness (QED) is 0.630. The Bertz CT molecular complexity index is 190. The number of hydrogen-bond acceptors (Lipinski definition) is 4. The van der Waals surface area contributed by atoms with Gasteiger partial charge in [0.1, 0.15) is 0 Å². The topological polar surface area (TPSA) is 26.3 Å². The van der Waals surface area contributed by atoms with Gasteiger partial charge < -0.3 is 4.74 Å². The summed E-state index contributed by atoms with van der Waals surface area (Å²) in [6.45, 7) is 1.71. The van der Waals surface area contributed by atoms with E-state index >= 15 is 0 Å². The fraction of sp³-hybridized carbons (Fsp3) is 0.600. The van der Waals surface area contributed by atoms with Gasteiger partial charge in [-0.3, -0.25) is 4.79 Å². The Morgan fingerprint density at radius 1 is 1.58 bits per heavy atom. The van der Waals surface area contributed by atoms with Crippen molar-refractivity contribution in [2.24, 2.45) is 0 Å². The van der Waals surface area contributed by atoms with E-state index in [0.717, 1.165) is 0 Å². The van der Waals surface area contributed by atoms with Gasteiger partial charge in [-0.25, -0.2) is 0 Å². The molecule has 0 unspecified atom stereocenters. The highest BCUT2D eigenvalue weighted by atomic mass is 32.2. The second-order valence-corrected chi connectivity index (χ2v) is 3.15. The number of halogens is 3. The maximum absolute atomic E-state index is 11.6. The van der Waals surface area contributed by atoms with Crippen molar-refractivity contribution < 1.29 is 22.7 Å². The van der Waals surface area contributed by atoms with Crippen LogP contribution in [0.5, 0.6) is 0 Å². The molecular formula is C5H5F3O2S2. The van der Waals surface area contributed by atoms with Crippen molar-refractivity contribution in [1.29, 1.82) is 0 Å². The van der Waals surface area contributed by atoms with Crippen LogP contribution in [0, 0.1) is 0 Å². The van der Waals surface area contributed by atoms with E-state index in [0.29, 0.717) is 0 Å². The molecule has 0 aromatic heterocycles. The molecule has 0 N–H and O–H groups in total. The molecule has 0 aliphatic rings. The molecule has 0 aliphatic heterocycles. The SMILES string of the molecule is CCOC(=S)SC(=O)C(F)(F)F. The van der Waals surface area contributed by atoms with E-state index in [9.17, 15) is 18.0 Å². The fourth-order valence-electron chi connectivity index (χ4n) is 0.281. The third-order valence-electron chi connectivity index (χ3n) is 0.670. The molecule has 0 aromatic carbocycles. The van der Waals surface area contributed by atoms with Gasteiger partial charge in [0, 0.05) is 11.8 Å². The zero-order chi connectivity index (χ0) is 9.78. The highest BCUT2D eigenvalue weighted by Gasteiger charge is 2.40. The molecule has 0 amide bonds. The summed E-state index contributed by atoms with van der Waals surface area (Å²) in [6.07, 6.45) is -4.86. The molecule has 0 saturated heterocycles. The minimum Gasteiger partial charge on any atom is -0.479 e. The Hall–Kier alpha value is -0.300. The molecule has 70 valence electrons. The maximum atomic E-state index is 11.6. The molecule has 0 atom stereocenters. The van der Waals surface area contributed by atoms with Gasteiger partial charge in [0.2, 0.25) is 4.38 Å². The number of carbonyl (C=O) groups is 1. The van der Waals surface area contributed by atoms with E-state index in [1.165, 1.54) is 0 Å². The molecule has 12 heavy (non-hydrogen) atoms. The van der Waals surface area contributed by atoms with E-state index in [1.54, 1.807) is 6.92 Å². The molecule has 0 aromatic rings. The molecule has 2 nitrogen and oxygen atoms in total. The fourth-order valence-corrected chi connectivity index (χ4v) is 1.07. The Morgan fingerprint density at radius 3 is 2.42 bits per heavy atom. The summed E-state index contributed by atoms with van der Waals surface area (Å²) in [5.41, 5.74) is 0. The molecule has 0 heterocycles. The van der Waals surface area contributed by atoms with E-state index in [2.05, 4.69) is 17.0 Å². The third kappa shape index (κ3) is 4.55. The van der Waals surface area contributed by atoms with Gasteiger partial charge >= 0.3 is 11.3 Å². The van der Waals surface area contributed by atoms with Gasteiger partial charge in [-0.1, -0.05) is 0 Å². The molecular weight excluding hydrogens is 213 g/mol. The molecule has 0 aliphatic carbocycles. The average molecular weight is 218 g/mol. The largest absolute Gasteiger partial charge is 0.479 e. The van der Waals surface area contributed by atoms with Crippen LogP contribution < -0.4 is 0 Å². The first kappa shape index (κ1) is 11.7. The summed E-state index contributed by atoms with van der Waals surface area (Å²) >= 11 is 4.19. The van der Waals surface area contributed by atoms with Crippen LogP contribution in [0.15, 0.2) is 0 Å². The van der Waals surface area contributed by atoms with E-state index in [4.69, 9.17) is 0 Å². The lowest BCUT2D eigenvalue weighted by Gasteiger charge is -2.04. The predicted molar refractivity (Wildman–Crippen MR) is 42.9 cm³/mol. The first-order chi connectivity index (χ1) is 5.38. The van der Waals surface area contributed by atoms with Crippen molar-refractivity contribution in [2.75, 3.05) is 6.61 Å². The summed E-state index contributed by atoms with van der Waals surface area (Å²) in [4.78, 5) is 10.2. The Morgan fingerprint density at radius 2 is 2.08 bits per heavy atom. The van der Waals surface area contributed by atoms with Crippen LogP contribution in [0.4, 0.5) is 13.2 Å². The standard InChI is InChI=1S/C5H5F3O2S2/c1-2-10-4(11)12-3(9)5(6,7)8/h2H2,1H3. The maximum Gasteiger partial charge on any atom is 0.461 e. The van der Waals surface area contributed by atoms with Crippen LogP contribution in [0.25, 0.3) is 0 Å². The van der Waals surface area contributed by atoms with Crippen molar-refractivity contribution in [2.45, 2.75) is 13.1 Å². The number of carbonyl (C=O) groups excluding carboxylic acids is 1. The molecule has 0 rings (SSSR count). The van der Waals surface area contributed by atoms with Gasteiger partial charge in [0.05, 0.1) is 6.61 Å². The summed E-state index contributed by atoms with van der Waals surface area (Å²) in [5.74, 6) is 0. The molecule has 7 heteroatoms. The lowest BCUT2D eigenvalue weighted by atomic mass is 10.8. The van der Waals surface area contributed by atoms with Crippen molar-refractivity contribution >= 4 is 33.5 Å². The van der Waals surface area contributed by atoms with Gasteiger partial charge in [-0.05, 0) is 19.1 Å². The van der Waals surface area contributed by atoms with Crippen LogP contribution in [-0.2, 0) is 9.53 Å². The summed E-state index contributed by atoms with van der Waals surface area (Å²) < 4.78 is 38.8. The first-order valence-electron chi connectivity index (χ1n) is 2.83. The molecule has 0 bridgehead atoms. The lowest BCUT2D eigenvalue weighted by molar-refractivity contribution is -0.160. The number of ether oxygens (including phenoxy) is 1. The van der Waals surface area contributed by atoms with Gasteiger partial charge in [-0.2, -0.15) is 13.2 Å². The van der Waals surface area contributed by atoms with Crippen LogP contribution in [0.3, 0.4) is 0 Å². The second kappa shape index (κ2) is 4.66. The van der Waals surface area contributed by atoms with E-state index in [1.807, 2.05) is 0 Å². The highest BCUT2D eigenvalue weighted by molar-refractivity contribution is 8.32. The van der Waals surface area contributed by atoms with E-state index in [-0.39, 0.29) is 18.4 Å². The zero-order valence-corrected chi connectivity index (χ0v) is 7.61. The number of alkyl halides is 3. The number of rotatable bonds is 1. The van der Waals surface area contributed by atoms with Gasteiger partial charge in [0.15, 0.2) is 0 Å². The Labute approximate surface area is 76.5 Å². The highest BCUT2D eigenvalue weighted by Crippen LogP contribution is 2.24. The normalized spacial score (nSPS) is 11.0. The smallest absolute Gasteiger partial charge is 0.461 e. The minimum atomic E-state index is -4.86. The van der Waals surface area contributed by atoms with Crippen LogP contribution >= 0.6 is 24.0 Å². The number of hydrogen-bond donors (Lipinski definition) is 0. The minimum absolute atomic E-state index is 0.124. The summed E-state index contributed by atoms with van der Waals surface area (Å²) in [6, 6.07) is 0. The number of thioether (sulfide) groups is 1. The lowest BCUT2D eigenvalue weighted by Crippen LogP contribution is -2.20. The van der Waals surface area contributed by atoms with Crippen LogP contribution in [0.2, 0.25) is 0 Å². The van der Waals surface area contributed by atoms with Crippen molar-refractivity contribution in [1.82, 2.24) is 0 Å². The predicted octanol–water partition coefficient (Wildman–Crippen LogP) is 2.13. The van der Waals surface area contributed by atoms with Gasteiger partial charge in [0.25, 0.3) is 0 Å². The molecule has 0 radical (unpaired) electrons.